The molecule has 0 aliphatic rings. The van der Waals surface area contributed by atoms with Crippen LogP contribution in [0.2, 0.25) is 0 Å². The maximum atomic E-state index is 11.4. The zero-order valence-electron chi connectivity index (χ0n) is 13.2. The summed E-state index contributed by atoms with van der Waals surface area (Å²) in [6.07, 6.45) is 0. The van der Waals surface area contributed by atoms with Crippen molar-refractivity contribution in [2.75, 3.05) is 13.7 Å². The van der Waals surface area contributed by atoms with E-state index < -0.39 is 5.97 Å². The van der Waals surface area contributed by atoms with Crippen molar-refractivity contribution in [3.8, 4) is 0 Å². The molecule has 2 rings (SSSR count). The van der Waals surface area contributed by atoms with Crippen LogP contribution in [-0.2, 0) is 10.3 Å². The van der Waals surface area contributed by atoms with Crippen LogP contribution < -0.4 is 0 Å². The van der Waals surface area contributed by atoms with Gasteiger partial charge in [-0.2, -0.15) is 0 Å². The first-order valence-electron chi connectivity index (χ1n) is 7.03. The van der Waals surface area contributed by atoms with Crippen molar-refractivity contribution in [3.05, 3.63) is 29.6 Å². The molecule has 0 saturated heterocycles. The van der Waals surface area contributed by atoms with Crippen molar-refractivity contribution in [2.24, 2.45) is 0 Å². The van der Waals surface area contributed by atoms with Crippen LogP contribution in [0.25, 0.3) is 11.0 Å². The first kappa shape index (κ1) is 15.5. The number of aromatic carboxylic acids is 1. The van der Waals surface area contributed by atoms with Gasteiger partial charge in [0.2, 0.25) is 0 Å². The topological polar surface area (TPSA) is 64.4 Å². The molecule has 0 aliphatic carbocycles. The normalized spacial score (nSPS) is 12.3. The van der Waals surface area contributed by atoms with Crippen molar-refractivity contribution in [1.29, 1.82) is 0 Å². The summed E-state index contributed by atoms with van der Waals surface area (Å²) in [5, 5.41) is 9.35. The van der Waals surface area contributed by atoms with Gasteiger partial charge in [0.05, 0.1) is 23.2 Å². The second kappa shape index (κ2) is 5.48. The van der Waals surface area contributed by atoms with Gasteiger partial charge in [-0.25, -0.2) is 9.78 Å². The lowest BCUT2D eigenvalue weighted by atomic mass is 10.0. The molecule has 0 amide bonds. The molecule has 0 unspecified atom stereocenters. The first-order chi connectivity index (χ1) is 9.79. The summed E-state index contributed by atoms with van der Waals surface area (Å²) < 4.78 is 7.43. The number of rotatable bonds is 5. The lowest BCUT2D eigenvalue weighted by Crippen LogP contribution is -2.33. The highest BCUT2D eigenvalue weighted by atomic mass is 16.5. The van der Waals surface area contributed by atoms with Crippen LogP contribution in [0.5, 0.6) is 0 Å². The van der Waals surface area contributed by atoms with Gasteiger partial charge in [0.25, 0.3) is 0 Å². The number of nitrogens with zero attached hydrogens (tertiary/aromatic N) is 2. The minimum atomic E-state index is -0.954. The average Bonchev–Trinajstić information content (AvgIpc) is 2.78. The predicted molar refractivity (Wildman–Crippen MR) is 82.0 cm³/mol. The third kappa shape index (κ3) is 2.65. The fourth-order valence-corrected chi connectivity index (χ4v) is 2.73. The van der Waals surface area contributed by atoms with Gasteiger partial charge in [0.15, 0.2) is 0 Å². The average molecular weight is 290 g/mol. The number of para-hydroxylation sites is 1. The van der Waals surface area contributed by atoms with E-state index in [1.807, 2.05) is 6.07 Å². The summed E-state index contributed by atoms with van der Waals surface area (Å²) in [7, 11) is 1.67. The van der Waals surface area contributed by atoms with E-state index >= 15 is 0 Å². The minimum absolute atomic E-state index is 0.190. The van der Waals surface area contributed by atoms with Gasteiger partial charge >= 0.3 is 5.97 Å². The van der Waals surface area contributed by atoms with Crippen LogP contribution in [0.1, 0.15) is 49.8 Å². The largest absolute Gasteiger partial charge is 0.478 e. The molecule has 0 spiro atoms. The number of carbonyl (C=O) groups is 1. The molecule has 1 aromatic carbocycles. The fraction of sp³-hybridized carbons (Fsp3) is 0.500. The standard InChI is InChI=1S/C16H22N2O3/c1-10(2)14-17-13-11(15(19)20)7-6-8-12(13)18(14)16(3,4)9-21-5/h6-8,10H,9H2,1-5H3,(H,19,20). The summed E-state index contributed by atoms with van der Waals surface area (Å²) >= 11 is 0. The molecule has 0 atom stereocenters. The molecule has 2 aromatic rings. The van der Waals surface area contributed by atoms with E-state index in [1.165, 1.54) is 0 Å². The number of aromatic nitrogens is 2. The molecule has 1 heterocycles. The van der Waals surface area contributed by atoms with Gasteiger partial charge in [0, 0.05) is 13.0 Å². The molecule has 1 N–H and O–H groups in total. The van der Waals surface area contributed by atoms with Gasteiger partial charge in [-0.3, -0.25) is 0 Å². The third-order valence-electron chi connectivity index (χ3n) is 3.56. The number of hydrogen-bond donors (Lipinski definition) is 1. The quantitative estimate of drug-likeness (QED) is 0.918. The number of ether oxygens (including phenoxy) is 1. The zero-order valence-corrected chi connectivity index (χ0v) is 13.2. The van der Waals surface area contributed by atoms with E-state index in [-0.39, 0.29) is 17.0 Å². The summed E-state index contributed by atoms with van der Waals surface area (Å²) in [6, 6.07) is 5.27. The lowest BCUT2D eigenvalue weighted by molar-refractivity contribution is 0.0699. The van der Waals surface area contributed by atoms with Crippen LogP contribution in [0, 0.1) is 0 Å². The molecular formula is C16H22N2O3. The van der Waals surface area contributed by atoms with Gasteiger partial charge < -0.3 is 14.4 Å². The van der Waals surface area contributed by atoms with Crippen LogP contribution in [0.3, 0.4) is 0 Å². The highest BCUT2D eigenvalue weighted by Gasteiger charge is 2.28. The maximum absolute atomic E-state index is 11.4. The SMILES string of the molecule is COCC(C)(C)n1c(C(C)C)nc2c(C(=O)O)cccc21. The van der Waals surface area contributed by atoms with Crippen LogP contribution in [-0.4, -0.2) is 34.3 Å². The molecule has 1 aromatic heterocycles. The van der Waals surface area contributed by atoms with Crippen molar-refractivity contribution < 1.29 is 14.6 Å². The van der Waals surface area contributed by atoms with Gasteiger partial charge in [-0.1, -0.05) is 19.9 Å². The fourth-order valence-electron chi connectivity index (χ4n) is 2.73. The highest BCUT2D eigenvalue weighted by Crippen LogP contribution is 2.31. The number of carboxylic acid groups (broad SMARTS) is 1. The molecular weight excluding hydrogens is 268 g/mol. The Kier molecular flexibility index (Phi) is 4.05. The number of carboxylic acids is 1. The Morgan fingerprint density at radius 3 is 2.62 bits per heavy atom. The second-order valence-corrected chi connectivity index (χ2v) is 6.18. The molecule has 0 bridgehead atoms. The molecule has 0 saturated carbocycles. The monoisotopic (exact) mass is 290 g/mol. The van der Waals surface area contributed by atoms with Gasteiger partial charge in [-0.05, 0) is 26.0 Å². The van der Waals surface area contributed by atoms with Crippen LogP contribution in [0.15, 0.2) is 18.2 Å². The van der Waals surface area contributed by atoms with E-state index in [0.29, 0.717) is 12.1 Å². The number of benzene rings is 1. The Balaban J connectivity index is 2.82. The van der Waals surface area contributed by atoms with E-state index in [1.54, 1.807) is 19.2 Å². The number of methoxy groups -OCH3 is 1. The predicted octanol–water partition coefficient (Wildman–Crippen LogP) is 3.24. The molecule has 5 nitrogen and oxygen atoms in total. The Hall–Kier alpha value is -1.88. The number of fused-ring (bicyclic) bond motifs is 1. The Bertz CT molecular complexity index is 671. The van der Waals surface area contributed by atoms with Crippen LogP contribution in [0.4, 0.5) is 0 Å². The van der Waals surface area contributed by atoms with Gasteiger partial charge in [0.1, 0.15) is 11.3 Å². The van der Waals surface area contributed by atoms with E-state index in [0.717, 1.165) is 11.3 Å². The Morgan fingerprint density at radius 2 is 2.10 bits per heavy atom. The first-order valence-corrected chi connectivity index (χ1v) is 7.03. The summed E-state index contributed by atoms with van der Waals surface area (Å²) in [5.41, 5.74) is 1.31. The maximum Gasteiger partial charge on any atom is 0.337 e. The summed E-state index contributed by atoms with van der Waals surface area (Å²) in [5.74, 6) is 0.112. The van der Waals surface area contributed by atoms with E-state index in [9.17, 15) is 9.90 Å². The zero-order chi connectivity index (χ0) is 15.8. The highest BCUT2D eigenvalue weighted by molar-refractivity contribution is 6.01. The summed E-state index contributed by atoms with van der Waals surface area (Å²) in [4.78, 5) is 16.0. The lowest BCUT2D eigenvalue weighted by Gasteiger charge is -2.29. The molecule has 0 fully saturated rings. The third-order valence-corrected chi connectivity index (χ3v) is 3.56. The summed E-state index contributed by atoms with van der Waals surface area (Å²) in [6.45, 7) is 8.77. The minimum Gasteiger partial charge on any atom is -0.478 e. The second-order valence-electron chi connectivity index (χ2n) is 6.18. The van der Waals surface area contributed by atoms with Crippen molar-refractivity contribution >= 4 is 17.0 Å². The molecule has 5 heteroatoms. The smallest absolute Gasteiger partial charge is 0.337 e. The Morgan fingerprint density at radius 1 is 1.43 bits per heavy atom. The van der Waals surface area contributed by atoms with Crippen LogP contribution >= 0.6 is 0 Å². The number of hydrogen-bond acceptors (Lipinski definition) is 3. The van der Waals surface area contributed by atoms with Gasteiger partial charge in [-0.15, -0.1) is 0 Å². The van der Waals surface area contributed by atoms with E-state index in [4.69, 9.17) is 4.74 Å². The number of imidazole rings is 1. The Labute approximate surface area is 124 Å². The molecule has 0 aliphatic heterocycles. The molecule has 0 radical (unpaired) electrons. The van der Waals surface area contributed by atoms with Crippen molar-refractivity contribution in [3.63, 3.8) is 0 Å². The molecule has 114 valence electrons. The molecule has 21 heavy (non-hydrogen) atoms. The van der Waals surface area contributed by atoms with E-state index in [2.05, 4.69) is 37.2 Å². The van der Waals surface area contributed by atoms with Crippen molar-refractivity contribution in [1.82, 2.24) is 9.55 Å². The van der Waals surface area contributed by atoms with Crippen molar-refractivity contribution in [2.45, 2.75) is 39.2 Å².